The molecule has 0 bridgehead atoms. The van der Waals surface area contributed by atoms with Gasteiger partial charge in [0, 0.05) is 36.7 Å². The van der Waals surface area contributed by atoms with Gasteiger partial charge in [0.15, 0.2) is 0 Å². The minimum atomic E-state index is 0.355. The van der Waals surface area contributed by atoms with E-state index in [4.69, 9.17) is 0 Å². The highest BCUT2D eigenvalue weighted by Crippen LogP contribution is 2.23. The molecule has 0 saturated heterocycles. The first-order valence-electron chi connectivity index (χ1n) is 6.64. The second-order valence-electron chi connectivity index (χ2n) is 5.11. The van der Waals surface area contributed by atoms with Crippen LogP contribution in [0.2, 0.25) is 0 Å². The molecule has 0 aliphatic rings. The van der Waals surface area contributed by atoms with Gasteiger partial charge in [0.2, 0.25) is 0 Å². The number of nitrogens with zero attached hydrogens (tertiary/aromatic N) is 1. The number of benzene rings is 1. The molecule has 2 nitrogen and oxygen atoms in total. The van der Waals surface area contributed by atoms with Crippen LogP contribution >= 0.6 is 11.3 Å². The Kier molecular flexibility index (Phi) is 4.61. The molecule has 1 unspecified atom stereocenters. The van der Waals surface area contributed by atoms with Crippen molar-refractivity contribution in [3.63, 3.8) is 0 Å². The summed E-state index contributed by atoms with van der Waals surface area (Å²) in [4.78, 5) is 3.51. The fourth-order valence-corrected chi connectivity index (χ4v) is 2.90. The third kappa shape index (κ3) is 3.58. The van der Waals surface area contributed by atoms with Gasteiger partial charge >= 0.3 is 0 Å². The Morgan fingerprint density at radius 3 is 2.21 bits per heavy atom. The van der Waals surface area contributed by atoms with Crippen LogP contribution in [0.3, 0.4) is 0 Å². The van der Waals surface area contributed by atoms with Gasteiger partial charge in [-0.05, 0) is 43.0 Å². The molecule has 0 amide bonds. The molecule has 0 radical (unpaired) electrons. The molecule has 102 valence electrons. The summed E-state index contributed by atoms with van der Waals surface area (Å²) in [6, 6.07) is 13.8. The van der Waals surface area contributed by atoms with Crippen LogP contribution in [0, 0.1) is 0 Å². The third-order valence-corrected chi connectivity index (χ3v) is 4.43. The van der Waals surface area contributed by atoms with Crippen molar-refractivity contribution in [3.05, 3.63) is 52.2 Å². The predicted octanol–water partition coefficient (Wildman–Crippen LogP) is 4.23. The van der Waals surface area contributed by atoms with Crippen molar-refractivity contribution in [2.75, 3.05) is 19.0 Å². The fraction of sp³-hybridized carbons (Fsp3) is 0.375. The van der Waals surface area contributed by atoms with Crippen LogP contribution in [-0.4, -0.2) is 14.1 Å². The normalized spacial score (nSPS) is 14.1. The molecule has 2 aromatic rings. The van der Waals surface area contributed by atoms with E-state index in [0.29, 0.717) is 12.1 Å². The summed E-state index contributed by atoms with van der Waals surface area (Å²) in [6.45, 7) is 4.44. The largest absolute Gasteiger partial charge is 0.378 e. The molecule has 0 saturated carbocycles. The first-order valence-corrected chi connectivity index (χ1v) is 7.52. The zero-order chi connectivity index (χ0) is 13.8. The molecule has 0 aliphatic carbocycles. The molecule has 1 aromatic heterocycles. The molecule has 3 heteroatoms. The maximum atomic E-state index is 3.64. The molecule has 0 aliphatic heterocycles. The predicted molar refractivity (Wildman–Crippen MR) is 85.1 cm³/mol. The lowest BCUT2D eigenvalue weighted by Gasteiger charge is -2.20. The van der Waals surface area contributed by atoms with E-state index in [0.717, 1.165) is 0 Å². The molecule has 2 atom stereocenters. The molecule has 0 spiro atoms. The zero-order valence-corrected chi connectivity index (χ0v) is 12.9. The van der Waals surface area contributed by atoms with Gasteiger partial charge in [0.1, 0.15) is 0 Å². The van der Waals surface area contributed by atoms with E-state index in [-0.39, 0.29) is 0 Å². The molecular formula is C16H22N2S. The standard InChI is InChI=1S/C16H22N2S/c1-12(17-13(2)16-6-5-11-19-16)14-7-9-15(10-8-14)18(3)4/h5-13,17H,1-4H3/t12?,13-/m0/s1. The number of thiophene rings is 1. The van der Waals surface area contributed by atoms with Crippen molar-refractivity contribution in [3.8, 4) is 0 Å². The molecule has 1 heterocycles. The Balaban J connectivity index is 2.01. The van der Waals surface area contributed by atoms with Crippen molar-refractivity contribution >= 4 is 17.0 Å². The molecule has 1 aromatic carbocycles. The molecule has 1 N–H and O–H groups in total. The van der Waals surface area contributed by atoms with Gasteiger partial charge in [-0.1, -0.05) is 18.2 Å². The Morgan fingerprint density at radius 2 is 1.68 bits per heavy atom. The van der Waals surface area contributed by atoms with Gasteiger partial charge in [-0.2, -0.15) is 0 Å². The monoisotopic (exact) mass is 274 g/mol. The van der Waals surface area contributed by atoms with E-state index in [9.17, 15) is 0 Å². The van der Waals surface area contributed by atoms with E-state index in [1.54, 1.807) is 11.3 Å². The molecular weight excluding hydrogens is 252 g/mol. The quantitative estimate of drug-likeness (QED) is 0.878. The topological polar surface area (TPSA) is 15.3 Å². The maximum absolute atomic E-state index is 3.64. The average Bonchev–Trinajstić information content (AvgIpc) is 2.92. The summed E-state index contributed by atoms with van der Waals surface area (Å²) in [5.74, 6) is 0. The van der Waals surface area contributed by atoms with Gasteiger partial charge in [-0.15, -0.1) is 11.3 Å². The lowest BCUT2D eigenvalue weighted by molar-refractivity contribution is 0.500. The van der Waals surface area contributed by atoms with Crippen molar-refractivity contribution in [1.29, 1.82) is 0 Å². The first-order chi connectivity index (χ1) is 9.08. The number of hydrogen-bond acceptors (Lipinski definition) is 3. The highest BCUT2D eigenvalue weighted by Gasteiger charge is 2.11. The van der Waals surface area contributed by atoms with Gasteiger partial charge in [0.25, 0.3) is 0 Å². The summed E-state index contributed by atoms with van der Waals surface area (Å²) in [5.41, 5.74) is 2.57. The first kappa shape index (κ1) is 14.1. The highest BCUT2D eigenvalue weighted by molar-refractivity contribution is 7.10. The smallest absolute Gasteiger partial charge is 0.0391 e. The van der Waals surface area contributed by atoms with Gasteiger partial charge < -0.3 is 10.2 Å². The second-order valence-corrected chi connectivity index (χ2v) is 6.09. The lowest BCUT2D eigenvalue weighted by atomic mass is 10.1. The SMILES string of the molecule is CC(N[C@@H](C)c1cccs1)c1ccc(N(C)C)cc1. The molecule has 2 rings (SSSR count). The van der Waals surface area contributed by atoms with E-state index in [2.05, 4.69) is 79.9 Å². The average molecular weight is 274 g/mol. The Hall–Kier alpha value is -1.32. The number of hydrogen-bond donors (Lipinski definition) is 1. The summed E-state index contributed by atoms with van der Waals surface area (Å²) < 4.78 is 0. The Bertz CT molecular complexity index is 488. The minimum Gasteiger partial charge on any atom is -0.378 e. The van der Waals surface area contributed by atoms with Gasteiger partial charge in [-0.3, -0.25) is 0 Å². The van der Waals surface area contributed by atoms with Crippen molar-refractivity contribution in [1.82, 2.24) is 5.32 Å². The number of nitrogens with one attached hydrogen (secondary N) is 1. The van der Waals surface area contributed by atoms with E-state index >= 15 is 0 Å². The van der Waals surface area contributed by atoms with Gasteiger partial charge in [0.05, 0.1) is 0 Å². The summed E-state index contributed by atoms with van der Waals surface area (Å²) in [6.07, 6.45) is 0. The van der Waals surface area contributed by atoms with Crippen LogP contribution in [0.1, 0.15) is 36.4 Å². The van der Waals surface area contributed by atoms with Crippen LogP contribution in [0.4, 0.5) is 5.69 Å². The summed E-state index contributed by atoms with van der Waals surface area (Å²) in [5, 5.41) is 5.77. The van der Waals surface area contributed by atoms with Crippen LogP contribution in [-0.2, 0) is 0 Å². The Labute approximate surface area is 120 Å². The second kappa shape index (κ2) is 6.22. The maximum Gasteiger partial charge on any atom is 0.0391 e. The summed E-state index contributed by atoms with van der Waals surface area (Å²) in [7, 11) is 4.13. The van der Waals surface area contributed by atoms with Crippen molar-refractivity contribution in [2.45, 2.75) is 25.9 Å². The Morgan fingerprint density at radius 1 is 1.00 bits per heavy atom. The van der Waals surface area contributed by atoms with E-state index < -0.39 is 0 Å². The lowest BCUT2D eigenvalue weighted by Crippen LogP contribution is -2.21. The minimum absolute atomic E-state index is 0.355. The van der Waals surface area contributed by atoms with Gasteiger partial charge in [-0.25, -0.2) is 0 Å². The fourth-order valence-electron chi connectivity index (χ4n) is 2.15. The van der Waals surface area contributed by atoms with E-state index in [1.165, 1.54) is 16.1 Å². The number of anilines is 1. The highest BCUT2D eigenvalue weighted by atomic mass is 32.1. The molecule has 0 fully saturated rings. The van der Waals surface area contributed by atoms with Crippen LogP contribution < -0.4 is 10.2 Å². The van der Waals surface area contributed by atoms with Crippen LogP contribution in [0.15, 0.2) is 41.8 Å². The zero-order valence-electron chi connectivity index (χ0n) is 12.1. The summed E-state index contributed by atoms with van der Waals surface area (Å²) >= 11 is 1.81. The number of rotatable bonds is 5. The van der Waals surface area contributed by atoms with Crippen LogP contribution in [0.5, 0.6) is 0 Å². The van der Waals surface area contributed by atoms with Crippen molar-refractivity contribution in [2.24, 2.45) is 0 Å². The van der Waals surface area contributed by atoms with E-state index in [1.807, 2.05) is 0 Å². The van der Waals surface area contributed by atoms with Crippen molar-refractivity contribution < 1.29 is 0 Å². The van der Waals surface area contributed by atoms with Crippen LogP contribution in [0.25, 0.3) is 0 Å². The third-order valence-electron chi connectivity index (χ3n) is 3.38. The molecule has 19 heavy (non-hydrogen) atoms.